The van der Waals surface area contributed by atoms with E-state index in [2.05, 4.69) is 0 Å². The Kier molecular flexibility index (Phi) is 3.89. The van der Waals surface area contributed by atoms with Crippen molar-refractivity contribution in [2.24, 2.45) is 0 Å². The van der Waals surface area contributed by atoms with Gasteiger partial charge in [-0.25, -0.2) is 4.39 Å². The number of rotatable bonds is 3. The number of hydrogen-bond donors (Lipinski definition) is 0. The molecule has 0 spiro atoms. The van der Waals surface area contributed by atoms with Crippen LogP contribution >= 0.6 is 11.6 Å². The van der Waals surface area contributed by atoms with Crippen molar-refractivity contribution in [1.29, 1.82) is 0 Å². The highest BCUT2D eigenvalue weighted by molar-refractivity contribution is 6.30. The van der Waals surface area contributed by atoms with E-state index in [0.29, 0.717) is 6.61 Å². The van der Waals surface area contributed by atoms with Crippen LogP contribution in [0, 0.1) is 5.82 Å². The molecule has 0 heterocycles. The third-order valence-corrected chi connectivity index (χ3v) is 1.96. The molecule has 0 aromatic heterocycles. The monoisotopic (exact) mass is 216 g/mol. The third kappa shape index (κ3) is 2.70. The molecular weight excluding hydrogens is 207 g/mol. The largest absolute Gasteiger partial charge is 0.466 e. The van der Waals surface area contributed by atoms with E-state index in [9.17, 15) is 9.18 Å². The van der Waals surface area contributed by atoms with Gasteiger partial charge in [-0.1, -0.05) is 23.7 Å². The number of carbonyl (C=O) groups is 1. The highest BCUT2D eigenvalue weighted by Crippen LogP contribution is 2.18. The molecule has 4 heteroatoms. The van der Waals surface area contributed by atoms with Crippen LogP contribution in [-0.2, 0) is 16.0 Å². The Morgan fingerprint density at radius 2 is 2.29 bits per heavy atom. The number of ether oxygens (including phenoxy) is 1. The zero-order chi connectivity index (χ0) is 10.6. The van der Waals surface area contributed by atoms with E-state index < -0.39 is 11.8 Å². The smallest absolute Gasteiger partial charge is 0.310 e. The summed E-state index contributed by atoms with van der Waals surface area (Å²) in [5.74, 6) is -1.00. The Morgan fingerprint density at radius 3 is 2.93 bits per heavy atom. The summed E-state index contributed by atoms with van der Waals surface area (Å²) in [5.41, 5.74) is 0.260. The molecule has 0 bridgehead atoms. The summed E-state index contributed by atoms with van der Waals surface area (Å²) in [6.07, 6.45) is -0.0831. The average molecular weight is 217 g/mol. The summed E-state index contributed by atoms with van der Waals surface area (Å²) in [7, 11) is 0. The third-order valence-electron chi connectivity index (χ3n) is 1.67. The number of benzene rings is 1. The first-order valence-electron chi connectivity index (χ1n) is 4.23. The van der Waals surface area contributed by atoms with Crippen LogP contribution in [0.4, 0.5) is 4.39 Å². The molecule has 2 nitrogen and oxygen atoms in total. The molecule has 0 aliphatic heterocycles. The van der Waals surface area contributed by atoms with Gasteiger partial charge in [0, 0.05) is 5.56 Å². The zero-order valence-corrected chi connectivity index (χ0v) is 8.47. The van der Waals surface area contributed by atoms with Crippen molar-refractivity contribution in [1.82, 2.24) is 0 Å². The first-order chi connectivity index (χ1) is 6.65. The standard InChI is InChI=1S/C10H10ClFO2/c1-2-14-9(13)6-7-4-3-5-8(11)10(7)12/h3-5H,2,6H2,1H3. The first kappa shape index (κ1) is 11.0. The second kappa shape index (κ2) is 4.96. The molecule has 0 amide bonds. The number of carbonyl (C=O) groups excluding carboxylic acids is 1. The normalized spacial score (nSPS) is 9.93. The van der Waals surface area contributed by atoms with Crippen molar-refractivity contribution in [3.63, 3.8) is 0 Å². The number of halogens is 2. The summed E-state index contributed by atoms with van der Waals surface area (Å²) in [6.45, 7) is 1.99. The van der Waals surface area contributed by atoms with E-state index in [-0.39, 0.29) is 17.0 Å². The van der Waals surface area contributed by atoms with E-state index in [0.717, 1.165) is 0 Å². The van der Waals surface area contributed by atoms with Gasteiger partial charge in [0.25, 0.3) is 0 Å². The molecule has 0 radical (unpaired) electrons. The fraction of sp³-hybridized carbons (Fsp3) is 0.300. The van der Waals surface area contributed by atoms with Crippen molar-refractivity contribution in [3.05, 3.63) is 34.6 Å². The topological polar surface area (TPSA) is 26.3 Å². The lowest BCUT2D eigenvalue weighted by molar-refractivity contribution is -0.142. The first-order valence-corrected chi connectivity index (χ1v) is 4.61. The Balaban J connectivity index is 2.76. The maximum atomic E-state index is 13.3. The summed E-state index contributed by atoms with van der Waals surface area (Å²) in [5, 5.41) is 0.0202. The maximum absolute atomic E-state index is 13.3. The van der Waals surface area contributed by atoms with E-state index in [1.165, 1.54) is 12.1 Å². The zero-order valence-electron chi connectivity index (χ0n) is 7.72. The Labute approximate surface area is 86.6 Å². The van der Waals surface area contributed by atoms with Crippen molar-refractivity contribution in [2.75, 3.05) is 6.61 Å². The molecule has 0 aliphatic rings. The molecule has 0 saturated carbocycles. The molecule has 0 aliphatic carbocycles. The van der Waals surface area contributed by atoms with Crippen molar-refractivity contribution < 1.29 is 13.9 Å². The van der Waals surface area contributed by atoms with E-state index in [4.69, 9.17) is 16.3 Å². The second-order valence-electron chi connectivity index (χ2n) is 2.69. The molecule has 14 heavy (non-hydrogen) atoms. The van der Waals surface area contributed by atoms with Crippen molar-refractivity contribution in [2.45, 2.75) is 13.3 Å². The summed E-state index contributed by atoms with van der Waals surface area (Å²) in [6, 6.07) is 4.55. The molecule has 1 rings (SSSR count). The van der Waals surface area contributed by atoms with Gasteiger partial charge in [0.2, 0.25) is 0 Å². The van der Waals surface area contributed by atoms with Gasteiger partial charge in [-0.15, -0.1) is 0 Å². The van der Waals surface area contributed by atoms with Crippen LogP contribution in [0.25, 0.3) is 0 Å². The van der Waals surface area contributed by atoms with E-state index in [1.54, 1.807) is 13.0 Å². The molecule has 0 fully saturated rings. The summed E-state index contributed by atoms with van der Waals surface area (Å²) in [4.78, 5) is 11.0. The molecule has 76 valence electrons. The molecule has 0 saturated heterocycles. The minimum atomic E-state index is -0.554. The Morgan fingerprint density at radius 1 is 1.57 bits per heavy atom. The molecule has 0 N–H and O–H groups in total. The summed E-state index contributed by atoms with van der Waals surface area (Å²) < 4.78 is 18.0. The molecule has 1 aromatic carbocycles. The van der Waals surface area contributed by atoms with E-state index in [1.807, 2.05) is 0 Å². The lowest BCUT2D eigenvalue weighted by Gasteiger charge is -2.03. The number of esters is 1. The average Bonchev–Trinajstić information content (AvgIpc) is 2.13. The van der Waals surface area contributed by atoms with Crippen molar-refractivity contribution >= 4 is 17.6 Å². The van der Waals surface area contributed by atoms with Crippen LogP contribution < -0.4 is 0 Å². The highest BCUT2D eigenvalue weighted by Gasteiger charge is 2.10. The van der Waals surface area contributed by atoms with E-state index >= 15 is 0 Å². The lowest BCUT2D eigenvalue weighted by Crippen LogP contribution is -2.08. The van der Waals surface area contributed by atoms with Gasteiger partial charge in [0.1, 0.15) is 5.82 Å². The fourth-order valence-corrected chi connectivity index (χ4v) is 1.25. The Hall–Kier alpha value is -1.09. The minimum absolute atomic E-state index is 0.0202. The maximum Gasteiger partial charge on any atom is 0.310 e. The van der Waals surface area contributed by atoms with Crippen LogP contribution in [0.1, 0.15) is 12.5 Å². The Bertz CT molecular complexity index is 339. The van der Waals surface area contributed by atoms with Crippen LogP contribution in [0.2, 0.25) is 5.02 Å². The lowest BCUT2D eigenvalue weighted by atomic mass is 10.1. The molecular formula is C10H10ClFO2. The van der Waals surface area contributed by atoms with Crippen LogP contribution in [0.3, 0.4) is 0 Å². The predicted octanol–water partition coefficient (Wildman–Crippen LogP) is 2.58. The molecule has 1 aromatic rings. The van der Waals surface area contributed by atoms with Gasteiger partial charge >= 0.3 is 5.97 Å². The van der Waals surface area contributed by atoms with Gasteiger partial charge in [-0.05, 0) is 13.0 Å². The van der Waals surface area contributed by atoms with Gasteiger partial charge in [-0.3, -0.25) is 4.79 Å². The van der Waals surface area contributed by atoms with Gasteiger partial charge < -0.3 is 4.74 Å². The second-order valence-corrected chi connectivity index (χ2v) is 3.10. The number of hydrogen-bond acceptors (Lipinski definition) is 2. The fourth-order valence-electron chi connectivity index (χ4n) is 1.05. The predicted molar refractivity (Wildman–Crippen MR) is 51.7 cm³/mol. The molecule has 0 unspecified atom stereocenters. The minimum Gasteiger partial charge on any atom is -0.466 e. The molecule has 0 atom stereocenters. The summed E-state index contributed by atoms with van der Waals surface area (Å²) >= 11 is 5.55. The van der Waals surface area contributed by atoms with Crippen molar-refractivity contribution in [3.8, 4) is 0 Å². The van der Waals surface area contributed by atoms with Gasteiger partial charge in [0.15, 0.2) is 0 Å². The SMILES string of the molecule is CCOC(=O)Cc1cccc(Cl)c1F. The van der Waals surface area contributed by atoms with Crippen LogP contribution in [0.5, 0.6) is 0 Å². The van der Waals surface area contributed by atoms with Crippen LogP contribution in [-0.4, -0.2) is 12.6 Å². The van der Waals surface area contributed by atoms with Gasteiger partial charge in [-0.2, -0.15) is 0 Å². The van der Waals surface area contributed by atoms with Gasteiger partial charge in [0.05, 0.1) is 18.1 Å². The highest BCUT2D eigenvalue weighted by atomic mass is 35.5. The quantitative estimate of drug-likeness (QED) is 0.726. The van der Waals surface area contributed by atoms with Crippen LogP contribution in [0.15, 0.2) is 18.2 Å².